The summed E-state index contributed by atoms with van der Waals surface area (Å²) in [5, 5.41) is 12.0. The summed E-state index contributed by atoms with van der Waals surface area (Å²) in [5.41, 5.74) is 0. The molecule has 0 aromatic rings. The van der Waals surface area contributed by atoms with E-state index in [-0.39, 0.29) is 6.04 Å². The molecule has 1 fully saturated rings. The first-order chi connectivity index (χ1) is 4.74. The van der Waals surface area contributed by atoms with Gasteiger partial charge in [0.15, 0.2) is 0 Å². The first-order valence-electron chi connectivity index (χ1n) is 3.23. The molecule has 2 N–H and O–H groups in total. The summed E-state index contributed by atoms with van der Waals surface area (Å²) in [7, 11) is 0. The van der Waals surface area contributed by atoms with E-state index in [1.54, 1.807) is 11.8 Å². The van der Waals surface area contributed by atoms with Crippen molar-refractivity contribution in [1.29, 1.82) is 0 Å². The standard InChI is InChI=1S/C6H11NO2S/c1-10-4-2-5(6(8)9)7-3-4/h4-5,7H,2-3H2,1H3,(H,8,9)/t4-,5-/m0/s1. The van der Waals surface area contributed by atoms with Gasteiger partial charge in [0, 0.05) is 11.8 Å². The first kappa shape index (κ1) is 7.88. The van der Waals surface area contributed by atoms with Crippen LogP contribution in [-0.2, 0) is 4.79 Å². The molecule has 58 valence electrons. The predicted octanol–water partition coefficient (Wildman–Crippen LogP) is 0.164. The molecular weight excluding hydrogens is 150 g/mol. The fraction of sp³-hybridized carbons (Fsp3) is 0.833. The molecule has 0 unspecified atom stereocenters. The number of thioether (sulfide) groups is 1. The maximum absolute atomic E-state index is 10.4. The quantitative estimate of drug-likeness (QED) is 0.606. The number of aliphatic carboxylic acids is 1. The molecule has 0 aromatic carbocycles. The summed E-state index contributed by atoms with van der Waals surface area (Å²) in [6.07, 6.45) is 2.77. The third-order valence-corrected chi connectivity index (χ3v) is 2.75. The van der Waals surface area contributed by atoms with Gasteiger partial charge in [0.25, 0.3) is 0 Å². The van der Waals surface area contributed by atoms with Crippen LogP contribution < -0.4 is 5.32 Å². The highest BCUT2D eigenvalue weighted by Gasteiger charge is 2.27. The molecule has 1 aliphatic rings. The SMILES string of the molecule is CS[C@@H]1CN[C@H](C(=O)O)C1. The molecule has 0 aromatic heterocycles. The van der Waals surface area contributed by atoms with E-state index < -0.39 is 5.97 Å². The Bertz CT molecular complexity index is 140. The number of carbonyl (C=O) groups is 1. The molecule has 3 nitrogen and oxygen atoms in total. The maximum Gasteiger partial charge on any atom is 0.320 e. The Morgan fingerprint density at radius 3 is 2.80 bits per heavy atom. The smallest absolute Gasteiger partial charge is 0.320 e. The van der Waals surface area contributed by atoms with E-state index in [0.717, 1.165) is 13.0 Å². The van der Waals surface area contributed by atoms with Crippen molar-refractivity contribution in [1.82, 2.24) is 5.32 Å². The zero-order chi connectivity index (χ0) is 7.56. The second-order valence-electron chi connectivity index (χ2n) is 2.39. The molecule has 1 saturated heterocycles. The van der Waals surface area contributed by atoms with Crippen LogP contribution in [0.2, 0.25) is 0 Å². The topological polar surface area (TPSA) is 49.3 Å². The summed E-state index contributed by atoms with van der Waals surface area (Å²) in [6, 6.07) is -0.308. The minimum absolute atomic E-state index is 0.308. The van der Waals surface area contributed by atoms with Crippen molar-refractivity contribution in [2.24, 2.45) is 0 Å². The molecule has 0 spiro atoms. The van der Waals surface area contributed by atoms with Gasteiger partial charge in [-0.05, 0) is 12.7 Å². The van der Waals surface area contributed by atoms with E-state index in [4.69, 9.17) is 5.11 Å². The average molecular weight is 161 g/mol. The molecule has 10 heavy (non-hydrogen) atoms. The van der Waals surface area contributed by atoms with Crippen molar-refractivity contribution in [2.75, 3.05) is 12.8 Å². The molecule has 1 heterocycles. The van der Waals surface area contributed by atoms with Crippen molar-refractivity contribution in [3.05, 3.63) is 0 Å². The van der Waals surface area contributed by atoms with Crippen LogP contribution in [0.4, 0.5) is 0 Å². The lowest BCUT2D eigenvalue weighted by Gasteiger charge is -2.01. The van der Waals surface area contributed by atoms with E-state index in [1.807, 2.05) is 6.26 Å². The second-order valence-corrected chi connectivity index (χ2v) is 3.53. The summed E-state index contributed by atoms with van der Waals surface area (Å²) in [4.78, 5) is 10.4. The summed E-state index contributed by atoms with van der Waals surface area (Å²) < 4.78 is 0. The Labute approximate surface area is 64.2 Å². The van der Waals surface area contributed by atoms with Crippen molar-refractivity contribution < 1.29 is 9.90 Å². The fourth-order valence-electron chi connectivity index (χ4n) is 1.07. The lowest BCUT2D eigenvalue weighted by atomic mass is 10.2. The number of nitrogens with one attached hydrogen (secondary N) is 1. The van der Waals surface area contributed by atoms with E-state index in [1.165, 1.54) is 0 Å². The molecule has 0 aliphatic carbocycles. The van der Waals surface area contributed by atoms with Gasteiger partial charge in [-0.25, -0.2) is 0 Å². The Balaban J connectivity index is 2.35. The Kier molecular flexibility index (Phi) is 2.56. The van der Waals surface area contributed by atoms with Gasteiger partial charge >= 0.3 is 5.97 Å². The van der Waals surface area contributed by atoms with Crippen LogP contribution in [0.3, 0.4) is 0 Å². The second kappa shape index (κ2) is 3.25. The molecule has 0 radical (unpaired) electrons. The Morgan fingerprint density at radius 2 is 2.50 bits per heavy atom. The molecule has 1 rings (SSSR count). The molecule has 1 aliphatic heterocycles. The highest BCUT2D eigenvalue weighted by molar-refractivity contribution is 7.99. The summed E-state index contributed by atoms with van der Waals surface area (Å²) in [6.45, 7) is 0.831. The van der Waals surface area contributed by atoms with E-state index in [0.29, 0.717) is 5.25 Å². The molecule has 2 atom stereocenters. The Morgan fingerprint density at radius 1 is 1.80 bits per heavy atom. The van der Waals surface area contributed by atoms with Gasteiger partial charge in [-0.3, -0.25) is 4.79 Å². The number of carboxylic acid groups (broad SMARTS) is 1. The zero-order valence-corrected chi connectivity index (χ0v) is 6.65. The van der Waals surface area contributed by atoms with E-state index in [9.17, 15) is 4.79 Å². The van der Waals surface area contributed by atoms with Crippen LogP contribution in [0.1, 0.15) is 6.42 Å². The first-order valence-corrected chi connectivity index (χ1v) is 4.52. The van der Waals surface area contributed by atoms with Gasteiger partial charge in [-0.15, -0.1) is 0 Å². The van der Waals surface area contributed by atoms with Crippen molar-refractivity contribution in [3.63, 3.8) is 0 Å². The highest BCUT2D eigenvalue weighted by atomic mass is 32.2. The minimum Gasteiger partial charge on any atom is -0.480 e. The van der Waals surface area contributed by atoms with Crippen LogP contribution in [-0.4, -0.2) is 35.2 Å². The van der Waals surface area contributed by atoms with Gasteiger partial charge in [-0.2, -0.15) is 11.8 Å². The van der Waals surface area contributed by atoms with E-state index >= 15 is 0 Å². The Hall–Kier alpha value is -0.220. The van der Waals surface area contributed by atoms with Crippen molar-refractivity contribution >= 4 is 17.7 Å². The van der Waals surface area contributed by atoms with Crippen molar-refractivity contribution in [3.8, 4) is 0 Å². The average Bonchev–Trinajstić information content (AvgIpc) is 2.34. The van der Waals surface area contributed by atoms with Crippen LogP contribution in [0, 0.1) is 0 Å². The zero-order valence-electron chi connectivity index (χ0n) is 5.83. The van der Waals surface area contributed by atoms with Crippen LogP contribution in [0.5, 0.6) is 0 Å². The van der Waals surface area contributed by atoms with Crippen LogP contribution in [0.25, 0.3) is 0 Å². The number of rotatable bonds is 2. The fourth-order valence-corrected chi connectivity index (χ4v) is 1.72. The maximum atomic E-state index is 10.4. The monoisotopic (exact) mass is 161 g/mol. The van der Waals surface area contributed by atoms with Gasteiger partial charge in [0.1, 0.15) is 6.04 Å². The predicted molar refractivity (Wildman–Crippen MR) is 41.3 cm³/mol. The van der Waals surface area contributed by atoms with Gasteiger partial charge in [0.2, 0.25) is 0 Å². The summed E-state index contributed by atoms with van der Waals surface area (Å²) in [5.74, 6) is -0.725. The number of hydrogen-bond acceptors (Lipinski definition) is 3. The summed E-state index contributed by atoms with van der Waals surface area (Å²) >= 11 is 1.73. The molecule has 0 amide bonds. The van der Waals surface area contributed by atoms with Crippen molar-refractivity contribution in [2.45, 2.75) is 17.7 Å². The molecule has 4 heteroatoms. The van der Waals surface area contributed by atoms with Crippen LogP contribution >= 0.6 is 11.8 Å². The molecular formula is C6H11NO2S. The largest absolute Gasteiger partial charge is 0.480 e. The lowest BCUT2D eigenvalue weighted by molar-refractivity contribution is -0.139. The molecule has 0 saturated carbocycles. The highest BCUT2D eigenvalue weighted by Crippen LogP contribution is 2.17. The normalized spacial score (nSPS) is 32.5. The number of hydrogen-bond donors (Lipinski definition) is 2. The minimum atomic E-state index is -0.725. The van der Waals surface area contributed by atoms with Crippen LogP contribution in [0.15, 0.2) is 0 Å². The van der Waals surface area contributed by atoms with Gasteiger partial charge in [-0.1, -0.05) is 0 Å². The van der Waals surface area contributed by atoms with E-state index in [2.05, 4.69) is 5.32 Å². The lowest BCUT2D eigenvalue weighted by Crippen LogP contribution is -2.29. The third kappa shape index (κ3) is 1.64. The molecule has 0 bridgehead atoms. The number of carboxylic acids is 1. The van der Waals surface area contributed by atoms with Gasteiger partial charge < -0.3 is 10.4 Å². The third-order valence-electron chi connectivity index (χ3n) is 1.72. The van der Waals surface area contributed by atoms with Gasteiger partial charge in [0.05, 0.1) is 0 Å².